The van der Waals surface area contributed by atoms with E-state index in [1.54, 1.807) is 20.8 Å². The molecule has 1 fully saturated rings. The second-order valence-electron chi connectivity index (χ2n) is 14.7. The van der Waals surface area contributed by atoms with E-state index in [9.17, 15) is 44.3 Å². The normalized spacial score (nSPS) is 22.1. The van der Waals surface area contributed by atoms with Gasteiger partial charge in [-0.15, -0.1) is 10.2 Å². The first-order valence-corrected chi connectivity index (χ1v) is 17.0. The molecule has 5 rings (SSSR count). The number of carbonyl (C=O) groups is 1. The summed E-state index contributed by atoms with van der Waals surface area (Å²) in [6.07, 6.45) is -11.6. The zero-order valence-electron chi connectivity index (χ0n) is 29.3. The van der Waals surface area contributed by atoms with Crippen molar-refractivity contribution < 1.29 is 49.0 Å². The smallest absolute Gasteiger partial charge is 0.416 e. The molecule has 2 heterocycles. The third kappa shape index (κ3) is 9.11. The average molecular weight is 749 g/mol. The first-order valence-electron chi connectivity index (χ1n) is 17.0. The SMILES string of the molecule is CC[C@H]1Nc2ccc(C(F)(F)F)cc2N(C(c2cc(C(F)(F)F)cc(C(F)(F)F)c2)c2nnn(C)n2)[C@@H]1CC1CCC(CC(=O)OC(C)(C)C)CC1. The first kappa shape index (κ1) is 39.2. The van der Waals surface area contributed by atoms with E-state index in [1.165, 1.54) is 18.0 Å². The summed E-state index contributed by atoms with van der Waals surface area (Å²) in [6.45, 7) is 7.16. The maximum Gasteiger partial charge on any atom is 0.416 e. The van der Waals surface area contributed by atoms with Crippen molar-refractivity contribution in [2.45, 2.75) is 115 Å². The van der Waals surface area contributed by atoms with E-state index >= 15 is 0 Å². The Morgan fingerprint density at radius 1 is 0.865 bits per heavy atom. The largest absolute Gasteiger partial charge is 0.460 e. The van der Waals surface area contributed by atoms with Crippen LogP contribution >= 0.6 is 0 Å². The molecule has 1 saturated carbocycles. The monoisotopic (exact) mass is 748 g/mol. The lowest BCUT2D eigenvalue weighted by molar-refractivity contribution is -0.156. The number of anilines is 2. The number of fused-ring (bicyclic) bond motifs is 1. The molecule has 17 heteroatoms. The highest BCUT2D eigenvalue weighted by molar-refractivity contribution is 5.76. The van der Waals surface area contributed by atoms with E-state index in [-0.39, 0.29) is 47.5 Å². The average Bonchev–Trinajstić information content (AvgIpc) is 3.45. The predicted octanol–water partition coefficient (Wildman–Crippen LogP) is 9.36. The van der Waals surface area contributed by atoms with Crippen molar-refractivity contribution in [3.05, 3.63) is 64.5 Å². The van der Waals surface area contributed by atoms with Crippen LogP contribution in [0.5, 0.6) is 0 Å². The van der Waals surface area contributed by atoms with Crippen molar-refractivity contribution in [3.63, 3.8) is 0 Å². The molecular formula is C35H41F9N6O2. The van der Waals surface area contributed by atoms with Crippen LogP contribution in [-0.2, 0) is 35.1 Å². The fourth-order valence-electron chi connectivity index (χ4n) is 7.31. The molecule has 8 nitrogen and oxygen atoms in total. The third-order valence-corrected chi connectivity index (χ3v) is 9.59. The molecule has 1 aliphatic carbocycles. The highest BCUT2D eigenvalue weighted by Crippen LogP contribution is 2.48. The number of carbonyl (C=O) groups excluding carboxylic acids is 1. The van der Waals surface area contributed by atoms with Gasteiger partial charge in [0.05, 0.1) is 41.2 Å². The maximum atomic E-state index is 14.2. The molecule has 0 radical (unpaired) electrons. The van der Waals surface area contributed by atoms with Gasteiger partial charge in [-0.05, 0) is 105 Å². The first-order chi connectivity index (χ1) is 24.0. The summed E-state index contributed by atoms with van der Waals surface area (Å²) < 4.78 is 133. The van der Waals surface area contributed by atoms with E-state index in [0.29, 0.717) is 50.7 Å². The Hall–Kier alpha value is -4.05. The minimum atomic E-state index is -5.19. The molecule has 0 bridgehead atoms. The molecular weight excluding hydrogens is 707 g/mol. The molecule has 1 unspecified atom stereocenters. The van der Waals surface area contributed by atoms with Crippen LogP contribution in [-0.4, -0.2) is 43.9 Å². The van der Waals surface area contributed by atoms with Crippen LogP contribution in [0.25, 0.3) is 0 Å². The Kier molecular flexibility index (Phi) is 10.9. The van der Waals surface area contributed by atoms with Crippen molar-refractivity contribution in [3.8, 4) is 0 Å². The van der Waals surface area contributed by atoms with Crippen LogP contribution in [0, 0.1) is 11.8 Å². The Morgan fingerprint density at radius 3 is 1.94 bits per heavy atom. The van der Waals surface area contributed by atoms with Crippen molar-refractivity contribution in [1.29, 1.82) is 0 Å². The minimum Gasteiger partial charge on any atom is -0.460 e. The maximum absolute atomic E-state index is 14.2. The lowest BCUT2D eigenvalue weighted by Gasteiger charge is -2.49. The third-order valence-electron chi connectivity index (χ3n) is 9.59. The fraction of sp³-hybridized carbons (Fsp3) is 0.600. The highest BCUT2D eigenvalue weighted by Gasteiger charge is 2.45. The van der Waals surface area contributed by atoms with Crippen molar-refractivity contribution >= 4 is 17.3 Å². The van der Waals surface area contributed by atoms with Gasteiger partial charge in [0, 0.05) is 12.5 Å². The summed E-state index contributed by atoms with van der Waals surface area (Å²) >= 11 is 0. The lowest BCUT2D eigenvalue weighted by atomic mass is 9.76. The number of aromatic nitrogens is 4. The molecule has 286 valence electrons. The van der Waals surface area contributed by atoms with Gasteiger partial charge in [-0.1, -0.05) is 19.8 Å². The van der Waals surface area contributed by atoms with Gasteiger partial charge in [0.15, 0.2) is 0 Å². The summed E-state index contributed by atoms with van der Waals surface area (Å²) in [5.41, 5.74) is -5.24. The molecule has 1 aromatic heterocycles. The van der Waals surface area contributed by atoms with Crippen LogP contribution in [0.4, 0.5) is 50.9 Å². The van der Waals surface area contributed by atoms with Gasteiger partial charge in [-0.2, -0.15) is 44.3 Å². The number of halogens is 9. The van der Waals surface area contributed by atoms with E-state index in [2.05, 4.69) is 20.7 Å². The second kappa shape index (κ2) is 14.4. The Morgan fingerprint density at radius 2 is 1.44 bits per heavy atom. The number of alkyl halides is 9. The zero-order chi connectivity index (χ0) is 38.4. The van der Waals surface area contributed by atoms with E-state index < -0.39 is 64.5 Å². The van der Waals surface area contributed by atoms with Gasteiger partial charge in [0.1, 0.15) is 11.6 Å². The number of esters is 1. The topological polar surface area (TPSA) is 85.2 Å². The van der Waals surface area contributed by atoms with Gasteiger partial charge < -0.3 is 15.0 Å². The Balaban J connectivity index is 1.63. The molecule has 0 amide bonds. The summed E-state index contributed by atoms with van der Waals surface area (Å²) in [7, 11) is 1.36. The number of nitrogens with one attached hydrogen (secondary N) is 1. The number of hydrogen-bond donors (Lipinski definition) is 1. The number of tetrazole rings is 1. The molecule has 52 heavy (non-hydrogen) atoms. The molecule has 0 spiro atoms. The van der Waals surface area contributed by atoms with Gasteiger partial charge in [0.25, 0.3) is 0 Å². The summed E-state index contributed by atoms with van der Waals surface area (Å²) in [4.78, 5) is 14.9. The molecule has 2 aliphatic rings. The van der Waals surface area contributed by atoms with E-state index in [4.69, 9.17) is 4.74 Å². The van der Waals surface area contributed by atoms with Crippen molar-refractivity contribution in [1.82, 2.24) is 20.2 Å². The molecule has 1 aliphatic heterocycles. The van der Waals surface area contributed by atoms with Crippen LogP contribution in [0.3, 0.4) is 0 Å². The van der Waals surface area contributed by atoms with Crippen LogP contribution in [0.1, 0.15) is 107 Å². The molecule has 3 aromatic rings. The number of ether oxygens (including phenoxy) is 1. The standard InChI is InChI=1S/C35H41F9N6O2/c1-6-25-27(13-19-7-9-20(10-8-19)14-29(51)52-32(2,3)4)50(28-18-22(33(36,37)38)11-12-26(28)45-25)30(31-46-48-49(5)47-31)21-15-23(34(39,40)41)17-24(16-21)35(42,43)44/h11-12,15-20,25,27,30,45H,6-10,13-14H2,1-5H3/t19?,20?,25-,27-,30?/m1/s1. The quantitative estimate of drug-likeness (QED) is 0.182. The number of aryl methyl sites for hydroxylation is 1. The lowest BCUT2D eigenvalue weighted by Crippen LogP contribution is -2.53. The molecule has 2 aromatic carbocycles. The van der Waals surface area contributed by atoms with Crippen molar-refractivity contribution in [2.24, 2.45) is 18.9 Å². The zero-order valence-corrected chi connectivity index (χ0v) is 29.3. The number of hydrogen-bond acceptors (Lipinski definition) is 7. The number of rotatable bonds is 8. The van der Waals surface area contributed by atoms with E-state index in [0.717, 1.165) is 16.9 Å². The van der Waals surface area contributed by atoms with Gasteiger partial charge in [-0.3, -0.25) is 4.79 Å². The van der Waals surface area contributed by atoms with Gasteiger partial charge in [-0.25, -0.2) is 0 Å². The Labute approximate surface area is 295 Å². The number of nitrogens with zero attached hydrogens (tertiary/aromatic N) is 5. The van der Waals surface area contributed by atoms with Crippen molar-refractivity contribution in [2.75, 3.05) is 10.2 Å². The van der Waals surface area contributed by atoms with E-state index in [1.807, 2.05) is 6.92 Å². The minimum absolute atomic E-state index is 0.000176. The molecule has 1 N–H and O–H groups in total. The summed E-state index contributed by atoms with van der Waals surface area (Å²) in [5.74, 6) is -0.596. The summed E-state index contributed by atoms with van der Waals surface area (Å²) in [5, 5.41) is 15.3. The predicted molar refractivity (Wildman–Crippen MR) is 173 cm³/mol. The number of benzene rings is 2. The van der Waals surface area contributed by atoms with Crippen LogP contribution in [0.15, 0.2) is 36.4 Å². The fourth-order valence-corrected chi connectivity index (χ4v) is 7.31. The van der Waals surface area contributed by atoms with Gasteiger partial charge >= 0.3 is 24.5 Å². The molecule has 0 saturated heterocycles. The van der Waals surface area contributed by atoms with Crippen LogP contribution < -0.4 is 10.2 Å². The van der Waals surface area contributed by atoms with Crippen LogP contribution in [0.2, 0.25) is 0 Å². The van der Waals surface area contributed by atoms with Gasteiger partial charge in [0.2, 0.25) is 5.82 Å². The second-order valence-corrected chi connectivity index (χ2v) is 14.7. The Bertz CT molecular complexity index is 1690. The molecule has 3 atom stereocenters. The highest BCUT2D eigenvalue weighted by atomic mass is 19.4. The summed E-state index contributed by atoms with van der Waals surface area (Å²) in [6, 6.07) is 1.20.